The molecule has 30 heavy (non-hydrogen) atoms. The molecule has 0 bridgehead atoms. The summed E-state index contributed by atoms with van der Waals surface area (Å²) < 4.78 is 10.9. The minimum Gasteiger partial charge on any atom is -0.497 e. The van der Waals surface area contributed by atoms with Crippen LogP contribution in [-0.2, 0) is 16.1 Å². The first-order chi connectivity index (χ1) is 14.4. The molecule has 0 radical (unpaired) electrons. The van der Waals surface area contributed by atoms with Gasteiger partial charge in [0.15, 0.2) is 0 Å². The highest BCUT2D eigenvalue weighted by Crippen LogP contribution is 2.22. The van der Waals surface area contributed by atoms with Gasteiger partial charge in [0.2, 0.25) is 5.91 Å². The molecule has 0 fully saturated rings. The fourth-order valence-electron chi connectivity index (χ4n) is 3.38. The molecular weight excluding hydrogens is 378 g/mol. The van der Waals surface area contributed by atoms with Crippen molar-refractivity contribution in [2.24, 2.45) is 5.92 Å². The van der Waals surface area contributed by atoms with Crippen molar-refractivity contribution in [2.75, 3.05) is 20.8 Å². The monoisotopic (exact) mass is 413 g/mol. The summed E-state index contributed by atoms with van der Waals surface area (Å²) in [5, 5.41) is 10.6. The number of benzene rings is 2. The number of hydrogen-bond donors (Lipinski definition) is 1. The average Bonchev–Trinajstić information content (AvgIpc) is 2.80. The smallest absolute Gasteiger partial charge is 0.225 e. The second-order valence-corrected chi connectivity index (χ2v) is 7.84. The molecule has 0 aliphatic carbocycles. The number of ether oxygens (including phenoxy) is 2. The highest BCUT2D eigenvalue weighted by molar-refractivity contribution is 5.78. The Kier molecular flexibility index (Phi) is 9.84. The molecule has 5 nitrogen and oxygen atoms in total. The third-order valence-corrected chi connectivity index (χ3v) is 5.58. The van der Waals surface area contributed by atoms with Crippen molar-refractivity contribution in [3.8, 4) is 5.75 Å². The van der Waals surface area contributed by atoms with E-state index in [1.807, 2.05) is 68.4 Å². The summed E-state index contributed by atoms with van der Waals surface area (Å²) in [6.45, 7) is 5.09. The maximum absolute atomic E-state index is 12.8. The molecule has 2 rings (SSSR count). The molecule has 0 aliphatic rings. The van der Waals surface area contributed by atoms with Crippen LogP contribution in [0.25, 0.3) is 0 Å². The molecule has 164 valence electrons. The van der Waals surface area contributed by atoms with Crippen molar-refractivity contribution in [3.63, 3.8) is 0 Å². The summed E-state index contributed by atoms with van der Waals surface area (Å²) in [5.74, 6) is 0.826. The van der Waals surface area contributed by atoms with Crippen LogP contribution in [0.5, 0.6) is 5.75 Å². The Morgan fingerprint density at radius 2 is 1.70 bits per heavy atom. The largest absolute Gasteiger partial charge is 0.497 e. The van der Waals surface area contributed by atoms with Gasteiger partial charge in [-0.25, -0.2) is 0 Å². The number of rotatable bonds is 12. The topological polar surface area (TPSA) is 59.0 Å². The Morgan fingerprint density at radius 3 is 2.33 bits per heavy atom. The Hall–Kier alpha value is -2.37. The lowest BCUT2D eigenvalue weighted by atomic mass is 9.99. The van der Waals surface area contributed by atoms with E-state index < -0.39 is 6.10 Å². The Bertz CT molecular complexity index is 748. The fraction of sp³-hybridized carbons (Fsp3) is 0.480. The van der Waals surface area contributed by atoms with Crippen molar-refractivity contribution in [1.29, 1.82) is 0 Å². The van der Waals surface area contributed by atoms with Gasteiger partial charge >= 0.3 is 0 Å². The molecular formula is C25H35NO4. The van der Waals surface area contributed by atoms with Gasteiger partial charge in [0.05, 0.1) is 25.9 Å². The normalized spacial score (nSPS) is 14.0. The number of nitrogens with zero attached hydrogens (tertiary/aromatic N) is 1. The van der Waals surface area contributed by atoms with Gasteiger partial charge in [0.1, 0.15) is 5.75 Å². The van der Waals surface area contributed by atoms with E-state index in [1.54, 1.807) is 19.1 Å². The summed E-state index contributed by atoms with van der Waals surface area (Å²) in [6, 6.07) is 17.0. The molecule has 0 saturated heterocycles. The highest BCUT2D eigenvalue weighted by Gasteiger charge is 2.26. The van der Waals surface area contributed by atoms with Crippen LogP contribution in [0, 0.1) is 5.92 Å². The van der Waals surface area contributed by atoms with Crippen molar-refractivity contribution in [2.45, 2.75) is 51.9 Å². The first-order valence-corrected chi connectivity index (χ1v) is 10.6. The van der Waals surface area contributed by atoms with Crippen molar-refractivity contribution < 1.29 is 19.4 Å². The van der Waals surface area contributed by atoms with E-state index in [4.69, 9.17) is 9.47 Å². The molecule has 0 heterocycles. The fourth-order valence-corrected chi connectivity index (χ4v) is 3.38. The summed E-state index contributed by atoms with van der Waals surface area (Å²) in [7, 11) is 3.43. The van der Waals surface area contributed by atoms with Crippen molar-refractivity contribution in [1.82, 2.24) is 4.90 Å². The average molecular weight is 414 g/mol. The van der Waals surface area contributed by atoms with Crippen LogP contribution < -0.4 is 4.74 Å². The number of unbranched alkanes of at least 4 members (excludes halogenated alkanes) is 1. The summed E-state index contributed by atoms with van der Waals surface area (Å²) >= 11 is 0. The lowest BCUT2D eigenvalue weighted by molar-refractivity contribution is -0.138. The molecule has 0 unspecified atom stereocenters. The van der Waals surface area contributed by atoms with Crippen LogP contribution in [0.15, 0.2) is 54.6 Å². The second kappa shape index (κ2) is 12.4. The van der Waals surface area contributed by atoms with Gasteiger partial charge in [0, 0.05) is 19.6 Å². The number of carbonyl (C=O) groups excluding carboxylic acids is 1. The highest BCUT2D eigenvalue weighted by atomic mass is 16.5. The van der Waals surface area contributed by atoms with Gasteiger partial charge in [-0.1, -0.05) is 55.8 Å². The standard InChI is InChI=1S/C25H35NO4/c1-19(10-8-9-17-30-18-21-13-15-23(29-4)16-14-21)25(28)26(3)20(2)24(27)22-11-6-5-7-12-22/h5-7,11-16,19-20,24,27H,8-10,17-18H2,1-4H3/t19-,20-,24+/m0/s1. The van der Waals surface area contributed by atoms with Crippen molar-refractivity contribution in [3.05, 3.63) is 65.7 Å². The minimum absolute atomic E-state index is 0.0663. The van der Waals surface area contributed by atoms with Crippen LogP contribution >= 0.6 is 0 Å². The van der Waals surface area contributed by atoms with E-state index in [9.17, 15) is 9.90 Å². The molecule has 0 spiro atoms. The van der Waals surface area contributed by atoms with E-state index in [1.165, 1.54) is 0 Å². The van der Waals surface area contributed by atoms with Crippen LogP contribution in [0.2, 0.25) is 0 Å². The minimum atomic E-state index is -0.696. The Morgan fingerprint density at radius 1 is 1.03 bits per heavy atom. The molecule has 5 heteroatoms. The number of hydrogen-bond acceptors (Lipinski definition) is 4. The number of likely N-dealkylation sites (N-methyl/N-ethyl adjacent to an activating group) is 1. The SMILES string of the molecule is COc1ccc(COCCCC[C@H](C)C(=O)N(C)[C@@H](C)[C@@H](O)c2ccccc2)cc1. The summed E-state index contributed by atoms with van der Waals surface area (Å²) in [5.41, 5.74) is 1.94. The number of amides is 1. The van der Waals surface area contributed by atoms with Gasteiger partial charge in [0.25, 0.3) is 0 Å². The van der Waals surface area contributed by atoms with Gasteiger partial charge in [-0.3, -0.25) is 4.79 Å². The molecule has 0 saturated carbocycles. The molecule has 0 aliphatic heterocycles. The van der Waals surface area contributed by atoms with Crippen molar-refractivity contribution >= 4 is 5.91 Å². The van der Waals surface area contributed by atoms with Crippen LogP contribution in [0.4, 0.5) is 0 Å². The molecule has 2 aromatic rings. The first-order valence-electron chi connectivity index (χ1n) is 10.6. The van der Waals surface area contributed by atoms with Gasteiger partial charge in [-0.15, -0.1) is 0 Å². The zero-order valence-electron chi connectivity index (χ0n) is 18.6. The van der Waals surface area contributed by atoms with E-state index in [0.29, 0.717) is 13.2 Å². The lowest BCUT2D eigenvalue weighted by Gasteiger charge is -2.31. The number of carbonyl (C=O) groups is 1. The maximum Gasteiger partial charge on any atom is 0.225 e. The number of aliphatic hydroxyl groups is 1. The van der Waals surface area contributed by atoms with E-state index in [0.717, 1.165) is 36.1 Å². The van der Waals surface area contributed by atoms with Gasteiger partial charge < -0.3 is 19.5 Å². The zero-order chi connectivity index (χ0) is 21.9. The third-order valence-electron chi connectivity index (χ3n) is 5.58. The molecule has 2 aromatic carbocycles. The van der Waals surface area contributed by atoms with E-state index in [-0.39, 0.29) is 17.9 Å². The van der Waals surface area contributed by atoms with Crippen LogP contribution in [-0.4, -0.2) is 42.7 Å². The van der Waals surface area contributed by atoms with Gasteiger partial charge in [-0.05, 0) is 43.0 Å². The molecule has 0 aromatic heterocycles. The van der Waals surface area contributed by atoms with Gasteiger partial charge in [-0.2, -0.15) is 0 Å². The zero-order valence-corrected chi connectivity index (χ0v) is 18.6. The van der Waals surface area contributed by atoms with Crippen LogP contribution in [0.1, 0.15) is 50.3 Å². The predicted octanol–water partition coefficient (Wildman–Crippen LogP) is 4.60. The summed E-state index contributed by atoms with van der Waals surface area (Å²) in [4.78, 5) is 14.4. The number of methoxy groups -OCH3 is 1. The van der Waals surface area contributed by atoms with E-state index >= 15 is 0 Å². The molecule has 3 atom stereocenters. The summed E-state index contributed by atoms with van der Waals surface area (Å²) in [6.07, 6.45) is 1.96. The lowest BCUT2D eigenvalue weighted by Crippen LogP contribution is -2.41. The van der Waals surface area contributed by atoms with E-state index in [2.05, 4.69) is 0 Å². The second-order valence-electron chi connectivity index (χ2n) is 7.84. The molecule has 1 N–H and O–H groups in total. The first kappa shape index (κ1) is 23.9. The van der Waals surface area contributed by atoms with Crippen LogP contribution in [0.3, 0.4) is 0 Å². The molecule has 1 amide bonds. The maximum atomic E-state index is 12.8. The predicted molar refractivity (Wildman–Crippen MR) is 119 cm³/mol. The number of aliphatic hydroxyl groups excluding tert-OH is 1. The quantitative estimate of drug-likeness (QED) is 0.517. The Labute approximate surface area is 180 Å². The third kappa shape index (κ3) is 7.15. The Balaban J connectivity index is 1.66.